The summed E-state index contributed by atoms with van der Waals surface area (Å²) in [6, 6.07) is 23.9. The van der Waals surface area contributed by atoms with Crippen molar-refractivity contribution in [2.45, 2.75) is 6.61 Å². The highest BCUT2D eigenvalue weighted by atomic mass is 16.5. The van der Waals surface area contributed by atoms with E-state index in [4.69, 9.17) is 4.74 Å². The van der Waals surface area contributed by atoms with Gasteiger partial charge in [0.05, 0.1) is 0 Å². The Morgan fingerprint density at radius 3 is 2.58 bits per heavy atom. The maximum absolute atomic E-state index is 12.0. The molecule has 0 radical (unpaired) electrons. The Kier molecular flexibility index (Phi) is 5.68. The highest BCUT2D eigenvalue weighted by Gasteiger charge is 2.00. The smallest absolute Gasteiger partial charge is 0.248 e. The van der Waals surface area contributed by atoms with Crippen LogP contribution in [0.1, 0.15) is 11.1 Å². The van der Waals surface area contributed by atoms with Crippen molar-refractivity contribution in [3.05, 3.63) is 96.1 Å². The highest BCUT2D eigenvalue weighted by molar-refractivity contribution is 6.02. The predicted octanol–water partition coefficient (Wildman–Crippen LogP) is 4.62. The molecule has 130 valence electrons. The van der Waals surface area contributed by atoms with Crippen molar-refractivity contribution in [3.8, 4) is 11.5 Å². The largest absolute Gasteiger partial charge is 0.508 e. The van der Waals surface area contributed by atoms with E-state index in [0.29, 0.717) is 12.3 Å². The van der Waals surface area contributed by atoms with Crippen LogP contribution in [0.25, 0.3) is 6.08 Å². The van der Waals surface area contributed by atoms with Crippen LogP contribution in [-0.4, -0.2) is 11.0 Å². The van der Waals surface area contributed by atoms with E-state index in [0.717, 1.165) is 16.9 Å². The number of rotatable bonds is 6. The minimum absolute atomic E-state index is 0.107. The maximum atomic E-state index is 12.0. The Balaban J connectivity index is 1.59. The van der Waals surface area contributed by atoms with Crippen molar-refractivity contribution in [3.63, 3.8) is 0 Å². The number of carbonyl (C=O) groups is 1. The fourth-order valence-corrected chi connectivity index (χ4v) is 2.39. The molecule has 4 nitrogen and oxygen atoms in total. The Labute approximate surface area is 152 Å². The van der Waals surface area contributed by atoms with Gasteiger partial charge in [-0.3, -0.25) is 4.79 Å². The predicted molar refractivity (Wildman–Crippen MR) is 103 cm³/mol. The average Bonchev–Trinajstić information content (AvgIpc) is 2.66. The van der Waals surface area contributed by atoms with Gasteiger partial charge in [0.2, 0.25) is 5.91 Å². The summed E-state index contributed by atoms with van der Waals surface area (Å²) in [6.07, 6.45) is 3.16. The summed E-state index contributed by atoms with van der Waals surface area (Å²) >= 11 is 0. The molecule has 4 heteroatoms. The lowest BCUT2D eigenvalue weighted by atomic mass is 10.2. The van der Waals surface area contributed by atoms with E-state index in [1.54, 1.807) is 24.3 Å². The quantitative estimate of drug-likeness (QED) is 0.641. The minimum atomic E-state index is -0.272. The molecule has 3 aromatic rings. The molecule has 26 heavy (non-hydrogen) atoms. The second-order valence-corrected chi connectivity index (χ2v) is 5.72. The number of phenolic OH excluding ortho intramolecular Hbond substituents is 1. The number of amides is 1. The van der Waals surface area contributed by atoms with E-state index < -0.39 is 0 Å². The second-order valence-electron chi connectivity index (χ2n) is 5.72. The van der Waals surface area contributed by atoms with Crippen LogP contribution in [-0.2, 0) is 11.4 Å². The Morgan fingerprint density at radius 2 is 1.77 bits per heavy atom. The van der Waals surface area contributed by atoms with E-state index >= 15 is 0 Å². The first kappa shape index (κ1) is 17.3. The molecule has 3 rings (SSSR count). The molecule has 0 atom stereocenters. The molecule has 0 saturated heterocycles. The van der Waals surface area contributed by atoms with Gasteiger partial charge in [-0.25, -0.2) is 0 Å². The highest BCUT2D eigenvalue weighted by Crippen LogP contribution is 2.17. The van der Waals surface area contributed by atoms with Gasteiger partial charge >= 0.3 is 0 Å². The van der Waals surface area contributed by atoms with E-state index in [9.17, 15) is 9.90 Å². The molecule has 1 amide bonds. The van der Waals surface area contributed by atoms with Gasteiger partial charge in [-0.2, -0.15) is 0 Å². The topological polar surface area (TPSA) is 58.6 Å². The second kappa shape index (κ2) is 8.53. The van der Waals surface area contributed by atoms with Crippen LogP contribution in [0.4, 0.5) is 5.69 Å². The van der Waals surface area contributed by atoms with E-state index in [1.165, 1.54) is 12.1 Å². The standard InChI is InChI=1S/C22H19NO3/c24-20-10-5-9-19(15-20)23-22(25)13-12-17-8-4-11-21(14-17)26-16-18-6-2-1-3-7-18/h1-15,24H,16H2,(H,23,25)/b13-12+. The first-order valence-corrected chi connectivity index (χ1v) is 8.24. The summed E-state index contributed by atoms with van der Waals surface area (Å²) in [5.41, 5.74) is 2.50. The molecule has 0 spiro atoms. The monoisotopic (exact) mass is 345 g/mol. The Bertz CT molecular complexity index is 904. The van der Waals surface area contributed by atoms with Crippen molar-refractivity contribution >= 4 is 17.7 Å². The lowest BCUT2D eigenvalue weighted by molar-refractivity contribution is -0.111. The first-order chi connectivity index (χ1) is 12.7. The lowest BCUT2D eigenvalue weighted by Gasteiger charge is -2.07. The number of nitrogens with one attached hydrogen (secondary N) is 1. The van der Waals surface area contributed by atoms with Gasteiger partial charge < -0.3 is 15.2 Å². The Morgan fingerprint density at radius 1 is 0.962 bits per heavy atom. The van der Waals surface area contributed by atoms with Gasteiger partial charge in [0.1, 0.15) is 18.1 Å². The molecule has 0 aliphatic carbocycles. The van der Waals surface area contributed by atoms with Gasteiger partial charge in [0.15, 0.2) is 0 Å². The van der Waals surface area contributed by atoms with E-state index in [1.807, 2.05) is 54.6 Å². The van der Waals surface area contributed by atoms with Gasteiger partial charge in [-0.15, -0.1) is 0 Å². The van der Waals surface area contributed by atoms with Crippen molar-refractivity contribution in [1.29, 1.82) is 0 Å². The number of benzene rings is 3. The fraction of sp³-hybridized carbons (Fsp3) is 0.0455. The number of ether oxygens (including phenoxy) is 1. The summed E-state index contributed by atoms with van der Waals surface area (Å²) in [7, 11) is 0. The van der Waals surface area contributed by atoms with Crippen LogP contribution in [0.3, 0.4) is 0 Å². The number of aromatic hydroxyl groups is 1. The first-order valence-electron chi connectivity index (χ1n) is 8.24. The zero-order chi connectivity index (χ0) is 18.2. The van der Waals surface area contributed by atoms with Gasteiger partial charge in [-0.1, -0.05) is 48.5 Å². The number of phenols is 1. The van der Waals surface area contributed by atoms with Crippen LogP contribution < -0.4 is 10.1 Å². The zero-order valence-electron chi connectivity index (χ0n) is 14.1. The molecular weight excluding hydrogens is 326 g/mol. The van der Waals surface area contributed by atoms with Gasteiger partial charge in [0.25, 0.3) is 0 Å². The third-order valence-corrected chi connectivity index (χ3v) is 3.65. The van der Waals surface area contributed by atoms with Crippen LogP contribution in [0, 0.1) is 0 Å². The summed E-state index contributed by atoms with van der Waals surface area (Å²) in [5.74, 6) is 0.575. The van der Waals surface area contributed by atoms with Crippen LogP contribution in [0.5, 0.6) is 11.5 Å². The molecule has 0 unspecified atom stereocenters. The molecule has 2 N–H and O–H groups in total. The minimum Gasteiger partial charge on any atom is -0.508 e. The number of carbonyl (C=O) groups excluding carboxylic acids is 1. The molecule has 3 aromatic carbocycles. The molecule has 0 aromatic heterocycles. The maximum Gasteiger partial charge on any atom is 0.248 e. The van der Waals surface area contributed by atoms with Crippen LogP contribution in [0.15, 0.2) is 84.9 Å². The molecule has 0 fully saturated rings. The summed E-state index contributed by atoms with van der Waals surface area (Å²) in [4.78, 5) is 12.0. The molecule has 0 heterocycles. The molecular formula is C22H19NO3. The molecule has 0 aliphatic rings. The van der Waals surface area contributed by atoms with Crippen LogP contribution >= 0.6 is 0 Å². The average molecular weight is 345 g/mol. The summed E-state index contributed by atoms with van der Waals surface area (Å²) < 4.78 is 5.79. The number of anilines is 1. The number of hydrogen-bond acceptors (Lipinski definition) is 3. The summed E-state index contributed by atoms with van der Waals surface area (Å²) in [6.45, 7) is 0.492. The van der Waals surface area contributed by atoms with E-state index in [2.05, 4.69) is 5.32 Å². The number of hydrogen-bond donors (Lipinski definition) is 2. The van der Waals surface area contributed by atoms with Crippen LogP contribution in [0.2, 0.25) is 0 Å². The van der Waals surface area contributed by atoms with Gasteiger partial charge in [0, 0.05) is 17.8 Å². The molecule has 0 saturated carbocycles. The Hall–Kier alpha value is -3.53. The molecule has 0 aliphatic heterocycles. The SMILES string of the molecule is O=C(/C=C/c1cccc(OCc2ccccc2)c1)Nc1cccc(O)c1. The lowest BCUT2D eigenvalue weighted by Crippen LogP contribution is -2.07. The third-order valence-electron chi connectivity index (χ3n) is 3.65. The third kappa shape index (κ3) is 5.24. The molecule has 0 bridgehead atoms. The summed E-state index contributed by atoms with van der Waals surface area (Å²) in [5, 5.41) is 12.1. The zero-order valence-corrected chi connectivity index (χ0v) is 14.1. The van der Waals surface area contributed by atoms with Crippen molar-refractivity contribution < 1.29 is 14.6 Å². The van der Waals surface area contributed by atoms with Crippen molar-refractivity contribution in [2.24, 2.45) is 0 Å². The van der Waals surface area contributed by atoms with E-state index in [-0.39, 0.29) is 11.7 Å². The van der Waals surface area contributed by atoms with Gasteiger partial charge in [-0.05, 0) is 41.5 Å². The normalized spacial score (nSPS) is 10.6. The van der Waals surface area contributed by atoms with Crippen molar-refractivity contribution in [2.75, 3.05) is 5.32 Å². The fourth-order valence-electron chi connectivity index (χ4n) is 2.39. The van der Waals surface area contributed by atoms with Crippen molar-refractivity contribution in [1.82, 2.24) is 0 Å².